The van der Waals surface area contributed by atoms with Crippen LogP contribution in [0.25, 0.3) is 0 Å². The molecule has 2 rings (SSSR count). The van der Waals surface area contributed by atoms with E-state index in [0.717, 1.165) is 25.1 Å². The van der Waals surface area contributed by atoms with Gasteiger partial charge in [0.2, 0.25) is 5.91 Å². The number of nitriles is 1. The number of nitrogens with zero attached hydrogens (tertiary/aromatic N) is 2. The van der Waals surface area contributed by atoms with Crippen LogP contribution < -0.4 is 9.64 Å². The van der Waals surface area contributed by atoms with Crippen LogP contribution >= 0.6 is 0 Å². The Morgan fingerprint density at radius 3 is 2.88 bits per heavy atom. The van der Waals surface area contributed by atoms with Crippen molar-refractivity contribution in [1.82, 2.24) is 0 Å². The molecule has 0 unspecified atom stereocenters. The third kappa shape index (κ3) is 2.23. The van der Waals surface area contributed by atoms with Gasteiger partial charge in [-0.3, -0.25) is 4.79 Å². The number of rotatable bonds is 2. The molecule has 0 bridgehead atoms. The smallest absolute Gasteiger partial charge is 0.226 e. The molecule has 1 amide bonds. The summed E-state index contributed by atoms with van der Waals surface area (Å²) in [4.78, 5) is 13.5. The van der Waals surface area contributed by atoms with Gasteiger partial charge in [0.05, 0.1) is 12.7 Å². The number of methoxy groups -OCH3 is 1. The van der Waals surface area contributed by atoms with Crippen LogP contribution in [0.15, 0.2) is 18.2 Å². The van der Waals surface area contributed by atoms with Gasteiger partial charge in [-0.1, -0.05) is 0 Å². The van der Waals surface area contributed by atoms with Crippen molar-refractivity contribution in [3.05, 3.63) is 23.8 Å². The number of carbonyl (C=O) groups excluding carboxylic acids is 1. The Labute approximate surface area is 100 Å². The van der Waals surface area contributed by atoms with Crippen molar-refractivity contribution in [3.63, 3.8) is 0 Å². The molecule has 17 heavy (non-hydrogen) atoms. The lowest BCUT2D eigenvalue weighted by Crippen LogP contribution is -2.35. The van der Waals surface area contributed by atoms with Gasteiger partial charge in [0.15, 0.2) is 0 Å². The van der Waals surface area contributed by atoms with Gasteiger partial charge >= 0.3 is 0 Å². The van der Waals surface area contributed by atoms with E-state index in [-0.39, 0.29) is 5.91 Å². The summed E-state index contributed by atoms with van der Waals surface area (Å²) in [5, 5.41) is 8.89. The zero-order valence-electron chi connectivity index (χ0n) is 9.77. The first kappa shape index (κ1) is 11.5. The fraction of sp³-hybridized carbons (Fsp3) is 0.385. The number of carbonyl (C=O) groups is 1. The summed E-state index contributed by atoms with van der Waals surface area (Å²) in [6.07, 6.45) is 2.58. The second-order valence-electron chi connectivity index (χ2n) is 4.00. The van der Waals surface area contributed by atoms with E-state index >= 15 is 0 Å². The van der Waals surface area contributed by atoms with Crippen molar-refractivity contribution in [3.8, 4) is 11.8 Å². The monoisotopic (exact) mass is 230 g/mol. The predicted molar refractivity (Wildman–Crippen MR) is 63.9 cm³/mol. The van der Waals surface area contributed by atoms with Gasteiger partial charge in [-0.15, -0.1) is 0 Å². The Kier molecular flexibility index (Phi) is 3.29. The molecule has 0 radical (unpaired) electrons. The number of anilines is 1. The van der Waals surface area contributed by atoms with Crippen molar-refractivity contribution in [2.75, 3.05) is 18.6 Å². The van der Waals surface area contributed by atoms with Crippen LogP contribution in [0, 0.1) is 11.3 Å². The van der Waals surface area contributed by atoms with E-state index in [9.17, 15) is 4.79 Å². The number of piperidine rings is 1. The number of ether oxygens (including phenoxy) is 1. The minimum atomic E-state index is 0.142. The zero-order chi connectivity index (χ0) is 12.3. The highest BCUT2D eigenvalue weighted by atomic mass is 16.5. The Morgan fingerprint density at radius 1 is 1.41 bits per heavy atom. The summed E-state index contributed by atoms with van der Waals surface area (Å²) in [5.74, 6) is 0.659. The summed E-state index contributed by atoms with van der Waals surface area (Å²) < 4.78 is 5.14. The highest BCUT2D eigenvalue weighted by molar-refractivity contribution is 5.94. The van der Waals surface area contributed by atoms with E-state index in [4.69, 9.17) is 10.00 Å². The van der Waals surface area contributed by atoms with Crippen molar-refractivity contribution in [2.24, 2.45) is 0 Å². The van der Waals surface area contributed by atoms with E-state index < -0.39 is 0 Å². The Hall–Kier alpha value is -2.02. The third-order valence-electron chi connectivity index (χ3n) is 2.94. The molecule has 0 atom stereocenters. The van der Waals surface area contributed by atoms with Crippen molar-refractivity contribution in [1.29, 1.82) is 5.26 Å². The van der Waals surface area contributed by atoms with Crippen molar-refractivity contribution >= 4 is 11.6 Å². The molecule has 1 aliphatic heterocycles. The lowest BCUT2D eigenvalue weighted by atomic mass is 10.1. The summed E-state index contributed by atoms with van der Waals surface area (Å²) in [5.41, 5.74) is 1.30. The van der Waals surface area contributed by atoms with Gasteiger partial charge in [-0.25, -0.2) is 0 Å². The van der Waals surface area contributed by atoms with Crippen LogP contribution in [0.4, 0.5) is 5.69 Å². The maximum absolute atomic E-state index is 11.8. The van der Waals surface area contributed by atoms with Gasteiger partial charge in [0.1, 0.15) is 11.8 Å². The van der Waals surface area contributed by atoms with E-state index in [2.05, 4.69) is 6.07 Å². The number of hydrogen-bond donors (Lipinski definition) is 0. The molecule has 0 aromatic heterocycles. The lowest BCUT2D eigenvalue weighted by molar-refractivity contribution is -0.119. The largest absolute Gasteiger partial charge is 0.495 e. The Bertz CT molecular complexity index is 477. The molecule has 4 heteroatoms. The molecule has 1 aliphatic rings. The van der Waals surface area contributed by atoms with Crippen molar-refractivity contribution in [2.45, 2.75) is 19.3 Å². The molecule has 1 saturated heterocycles. The molecule has 1 heterocycles. The normalized spacial score (nSPS) is 15.5. The second-order valence-corrected chi connectivity index (χ2v) is 4.00. The average molecular weight is 230 g/mol. The van der Waals surface area contributed by atoms with E-state index in [1.54, 1.807) is 23.1 Å². The fourth-order valence-corrected chi connectivity index (χ4v) is 2.02. The topological polar surface area (TPSA) is 53.3 Å². The van der Waals surface area contributed by atoms with Gasteiger partial charge in [0.25, 0.3) is 0 Å². The SMILES string of the molecule is COc1cc(N2CCCCC2=O)ccc1C#N. The molecule has 0 spiro atoms. The first-order valence-electron chi connectivity index (χ1n) is 5.65. The van der Waals surface area contributed by atoms with Gasteiger partial charge in [-0.2, -0.15) is 5.26 Å². The number of hydrogen-bond acceptors (Lipinski definition) is 3. The highest BCUT2D eigenvalue weighted by Gasteiger charge is 2.20. The molecule has 1 aromatic rings. The minimum absolute atomic E-state index is 0.142. The lowest BCUT2D eigenvalue weighted by Gasteiger charge is -2.27. The van der Waals surface area contributed by atoms with Gasteiger partial charge < -0.3 is 9.64 Å². The van der Waals surface area contributed by atoms with Crippen LogP contribution in [-0.2, 0) is 4.79 Å². The summed E-state index contributed by atoms with van der Waals surface area (Å²) in [6, 6.07) is 7.30. The highest BCUT2D eigenvalue weighted by Crippen LogP contribution is 2.27. The van der Waals surface area contributed by atoms with E-state index in [0.29, 0.717) is 17.7 Å². The number of amides is 1. The van der Waals surface area contributed by atoms with Crippen LogP contribution in [0.5, 0.6) is 5.75 Å². The first-order valence-corrected chi connectivity index (χ1v) is 5.65. The third-order valence-corrected chi connectivity index (χ3v) is 2.94. The van der Waals surface area contributed by atoms with E-state index in [1.165, 1.54) is 7.11 Å². The summed E-state index contributed by atoms with van der Waals surface area (Å²) >= 11 is 0. The molecular formula is C13H14N2O2. The molecule has 4 nitrogen and oxygen atoms in total. The summed E-state index contributed by atoms with van der Waals surface area (Å²) in [7, 11) is 1.53. The van der Waals surface area contributed by atoms with Crippen LogP contribution in [-0.4, -0.2) is 19.6 Å². The maximum Gasteiger partial charge on any atom is 0.226 e. The quantitative estimate of drug-likeness (QED) is 0.781. The molecule has 0 saturated carbocycles. The molecule has 88 valence electrons. The van der Waals surface area contributed by atoms with Crippen LogP contribution in [0.2, 0.25) is 0 Å². The zero-order valence-corrected chi connectivity index (χ0v) is 9.77. The fourth-order valence-electron chi connectivity index (χ4n) is 2.02. The molecule has 1 aromatic carbocycles. The minimum Gasteiger partial charge on any atom is -0.495 e. The van der Waals surface area contributed by atoms with Crippen LogP contribution in [0.1, 0.15) is 24.8 Å². The second kappa shape index (κ2) is 4.88. The van der Waals surface area contributed by atoms with Crippen molar-refractivity contribution < 1.29 is 9.53 Å². The first-order chi connectivity index (χ1) is 8.26. The molecular weight excluding hydrogens is 216 g/mol. The average Bonchev–Trinajstić information content (AvgIpc) is 2.38. The molecule has 1 fully saturated rings. The summed E-state index contributed by atoms with van der Waals surface area (Å²) in [6.45, 7) is 0.744. The van der Waals surface area contributed by atoms with Gasteiger partial charge in [-0.05, 0) is 25.0 Å². The maximum atomic E-state index is 11.8. The standard InChI is InChI=1S/C13H14N2O2/c1-17-12-8-11(6-5-10(12)9-14)15-7-3-2-4-13(15)16/h5-6,8H,2-4,7H2,1H3. The number of benzene rings is 1. The predicted octanol–water partition coefficient (Wildman–Crippen LogP) is 2.08. The van der Waals surface area contributed by atoms with Crippen LogP contribution in [0.3, 0.4) is 0 Å². The molecule has 0 aliphatic carbocycles. The van der Waals surface area contributed by atoms with E-state index in [1.807, 2.05) is 0 Å². The van der Waals surface area contributed by atoms with Gasteiger partial charge in [0, 0.05) is 24.7 Å². The molecule has 0 N–H and O–H groups in total. The Balaban J connectivity index is 2.33. The Morgan fingerprint density at radius 2 is 2.24 bits per heavy atom.